The number of unbranched alkanes of at least 4 members (excludes halogenated alkanes) is 4. The summed E-state index contributed by atoms with van der Waals surface area (Å²) >= 11 is 0. The predicted molar refractivity (Wildman–Crippen MR) is 175 cm³/mol. The monoisotopic (exact) mass is 678 g/mol. The Hall–Kier alpha value is -1.58. The summed E-state index contributed by atoms with van der Waals surface area (Å²) in [5.41, 5.74) is 10.3. The summed E-state index contributed by atoms with van der Waals surface area (Å²) in [5.74, 6) is -1.57. The van der Waals surface area contributed by atoms with E-state index in [1.165, 1.54) is 4.90 Å². The minimum absolute atomic E-state index is 0.0177. The summed E-state index contributed by atoms with van der Waals surface area (Å²) in [4.78, 5) is 74.9. The Bertz CT molecular complexity index is 933. The van der Waals surface area contributed by atoms with Crippen LogP contribution < -0.4 is 16.8 Å². The summed E-state index contributed by atoms with van der Waals surface area (Å²) < 4.78 is 5.68. The Labute approximate surface area is 270 Å². The van der Waals surface area contributed by atoms with Crippen LogP contribution in [0.2, 0.25) is 0 Å². The lowest BCUT2D eigenvalue weighted by molar-refractivity contribution is -0.138. The third-order valence-corrected chi connectivity index (χ3v) is 11.5. The molecule has 0 radical (unpaired) electrons. The molecule has 2 heterocycles. The number of ether oxygens (including phenoxy) is 1. The minimum Gasteiger partial charge on any atom is -0.444 e. The van der Waals surface area contributed by atoms with E-state index in [-0.39, 0.29) is 83.3 Å². The molecule has 0 bridgehead atoms. The molecule has 0 spiro atoms. The fourth-order valence-corrected chi connectivity index (χ4v) is 8.18. The summed E-state index contributed by atoms with van der Waals surface area (Å²) in [6.07, 6.45) is 5.54. The van der Waals surface area contributed by atoms with Crippen LogP contribution in [-0.2, 0) is 28.7 Å². The summed E-state index contributed by atoms with van der Waals surface area (Å²) in [6, 6.07) is 0. The van der Waals surface area contributed by atoms with Crippen LogP contribution in [-0.4, -0.2) is 74.7 Å². The first-order chi connectivity index (χ1) is 20.3. The number of alkyl carbamates (subject to hydrolysis) is 1. The molecule has 2 atom stereocenters. The lowest BCUT2D eigenvalue weighted by atomic mass is 10.0. The number of Topliss-reactive ketones (excluding diaryl/α,β-unsaturated/α-hetero) is 2. The number of hydrogen-bond acceptors (Lipinski definition) is 11. The van der Waals surface area contributed by atoms with Crippen LogP contribution in [0.3, 0.4) is 0 Å². The highest BCUT2D eigenvalue weighted by molar-refractivity contribution is 8.93. The molecule has 244 valence electrons. The van der Waals surface area contributed by atoms with E-state index in [1.54, 1.807) is 63.9 Å². The van der Waals surface area contributed by atoms with Gasteiger partial charge in [0.05, 0.1) is 34.1 Å². The lowest BCUT2D eigenvalue weighted by Crippen LogP contribution is -2.41. The Balaban J connectivity index is 1.78. The second kappa shape index (κ2) is 19.1. The van der Waals surface area contributed by atoms with E-state index in [0.717, 1.165) is 25.7 Å². The minimum atomic E-state index is -0.674. The van der Waals surface area contributed by atoms with Crippen molar-refractivity contribution < 1.29 is 33.5 Å². The Morgan fingerprint density at radius 2 is 1.16 bits per heavy atom. The summed E-state index contributed by atoms with van der Waals surface area (Å²) in [7, 11) is 6.63. The van der Waals surface area contributed by atoms with Crippen molar-refractivity contribution in [2.24, 2.45) is 23.3 Å². The number of nitrogens with zero attached hydrogens (tertiary/aromatic N) is 1. The topological polar surface area (TPSA) is 179 Å². The molecule has 11 nitrogen and oxygen atoms in total. The molecule has 5 N–H and O–H groups in total. The van der Waals surface area contributed by atoms with E-state index in [1.807, 2.05) is 0 Å². The molecule has 0 saturated carbocycles. The molecule has 15 heteroatoms. The zero-order valence-electron chi connectivity index (χ0n) is 25.3. The largest absolute Gasteiger partial charge is 0.444 e. The molecule has 0 unspecified atom stereocenters. The van der Waals surface area contributed by atoms with Crippen LogP contribution in [0, 0.1) is 11.8 Å². The van der Waals surface area contributed by atoms with E-state index in [2.05, 4.69) is 5.32 Å². The summed E-state index contributed by atoms with van der Waals surface area (Å²) in [5, 5.41) is 2.54. The van der Waals surface area contributed by atoms with Crippen molar-refractivity contribution in [3.8, 4) is 0 Å². The van der Waals surface area contributed by atoms with Gasteiger partial charge >= 0.3 is 6.09 Å². The van der Waals surface area contributed by atoms with E-state index >= 15 is 0 Å². The highest BCUT2D eigenvalue weighted by Gasteiger charge is 2.37. The van der Waals surface area contributed by atoms with Gasteiger partial charge in [-0.3, -0.25) is 24.0 Å². The average Bonchev–Trinajstić information content (AvgIpc) is 3.81. The van der Waals surface area contributed by atoms with Gasteiger partial charge in [-0.25, -0.2) is 4.79 Å². The van der Waals surface area contributed by atoms with Crippen LogP contribution in [0.25, 0.3) is 0 Å². The normalized spacial score (nSPS) is 16.2. The van der Waals surface area contributed by atoms with Crippen LogP contribution in [0.4, 0.5) is 4.79 Å². The third kappa shape index (κ3) is 16.9. The maximum Gasteiger partial charge on any atom is 0.407 e. The molecule has 0 aromatic heterocycles. The maximum atomic E-state index is 13.0. The van der Waals surface area contributed by atoms with Crippen molar-refractivity contribution >= 4 is 78.6 Å². The number of nitrogens with one attached hydrogen (secondary N) is 1. The highest BCUT2D eigenvalue weighted by atomic mass is 33.2. The number of amides is 4. The smallest absolute Gasteiger partial charge is 0.407 e. The van der Waals surface area contributed by atoms with Crippen molar-refractivity contribution in [2.45, 2.75) is 106 Å². The molecule has 2 fully saturated rings. The fraction of sp³-hybridized carbons (Fsp3) is 0.786. The van der Waals surface area contributed by atoms with Gasteiger partial charge in [-0.15, -0.1) is 0 Å². The molecule has 2 aliphatic rings. The van der Waals surface area contributed by atoms with E-state index in [9.17, 15) is 28.8 Å². The first kappa shape index (κ1) is 37.6. The molecular formula is C28H46N4O7S4. The van der Waals surface area contributed by atoms with Gasteiger partial charge in [0, 0.05) is 25.8 Å². The molecule has 0 aromatic carbocycles. The van der Waals surface area contributed by atoms with Gasteiger partial charge in [0.2, 0.25) is 17.7 Å². The maximum absolute atomic E-state index is 13.0. The van der Waals surface area contributed by atoms with E-state index < -0.39 is 17.6 Å². The van der Waals surface area contributed by atoms with Gasteiger partial charge in [-0.1, -0.05) is 68.9 Å². The van der Waals surface area contributed by atoms with Crippen LogP contribution in [0.1, 0.15) is 91.4 Å². The zero-order valence-corrected chi connectivity index (χ0v) is 28.6. The number of rotatable bonds is 23. The Morgan fingerprint density at radius 3 is 1.53 bits per heavy atom. The fourth-order valence-electron chi connectivity index (χ4n) is 4.44. The van der Waals surface area contributed by atoms with Crippen molar-refractivity contribution in [3.63, 3.8) is 0 Å². The van der Waals surface area contributed by atoms with Gasteiger partial charge in [-0.05, 0) is 46.5 Å². The van der Waals surface area contributed by atoms with Gasteiger partial charge in [-0.2, -0.15) is 0 Å². The second-order valence-electron chi connectivity index (χ2n) is 11.8. The molecule has 43 heavy (non-hydrogen) atoms. The third-order valence-electron chi connectivity index (χ3n) is 6.84. The number of carbonyl (C=O) groups is 6. The average molecular weight is 679 g/mol. The number of carbonyl (C=O) groups excluding carboxylic acids is 6. The number of ketones is 2. The lowest BCUT2D eigenvalue weighted by Gasteiger charge is -2.22. The van der Waals surface area contributed by atoms with Gasteiger partial charge in [0.25, 0.3) is 0 Å². The molecular weight excluding hydrogens is 633 g/mol. The predicted octanol–water partition coefficient (Wildman–Crippen LogP) is 4.41. The zero-order chi connectivity index (χ0) is 32.0. The van der Waals surface area contributed by atoms with Gasteiger partial charge in [0.1, 0.15) is 5.60 Å². The number of nitrogens with two attached hydrogens (primary N) is 2. The van der Waals surface area contributed by atoms with Gasteiger partial charge < -0.3 is 26.4 Å². The number of hydrogen-bond donors (Lipinski definition) is 3. The number of primary amides is 2. The molecule has 4 amide bonds. The Morgan fingerprint density at radius 1 is 0.721 bits per heavy atom. The highest BCUT2D eigenvalue weighted by Crippen LogP contribution is 2.58. The standard InChI is InChI=1S/C28H46N4O7S4/c1-28(2,3)39-27(38)31-15-14-22(35)32(16-18(33)10-6-4-8-12-20(23(29)36)25-40-41-25)17-19(34)11-7-5-9-13-21(24(30)37)26-42-43-26/h20-21,25-26H,4-17H2,1-3H3,(H2,29,36)(H2,30,37)(H,31,38)/t20-,21-/m0/s1. The summed E-state index contributed by atoms with van der Waals surface area (Å²) in [6.45, 7) is 4.88. The quantitative estimate of drug-likeness (QED) is 0.0792. The first-order valence-electron chi connectivity index (χ1n) is 14.8. The SMILES string of the molecule is CC(C)(C)OC(=O)NCCC(=O)N(CC(=O)CCCCC[C@@H](C(N)=O)C1SS1)CC(=O)CCCCC[C@@H](C(N)=O)C1SS1. The van der Waals surface area contributed by atoms with Gasteiger partial charge in [0.15, 0.2) is 11.6 Å². The van der Waals surface area contributed by atoms with Crippen molar-refractivity contribution in [1.82, 2.24) is 10.2 Å². The van der Waals surface area contributed by atoms with Crippen LogP contribution in [0.15, 0.2) is 0 Å². The van der Waals surface area contributed by atoms with Crippen molar-refractivity contribution in [2.75, 3.05) is 19.6 Å². The second-order valence-corrected chi connectivity index (χ2v) is 17.6. The van der Waals surface area contributed by atoms with Crippen molar-refractivity contribution in [3.05, 3.63) is 0 Å². The molecule has 2 saturated heterocycles. The van der Waals surface area contributed by atoms with Crippen LogP contribution in [0.5, 0.6) is 0 Å². The molecule has 2 rings (SSSR count). The molecule has 0 aliphatic carbocycles. The van der Waals surface area contributed by atoms with Crippen LogP contribution >= 0.6 is 43.2 Å². The first-order valence-corrected chi connectivity index (χ1v) is 19.3. The van der Waals surface area contributed by atoms with E-state index in [0.29, 0.717) is 25.7 Å². The Kier molecular flexibility index (Phi) is 16.7. The van der Waals surface area contributed by atoms with Crippen molar-refractivity contribution in [1.29, 1.82) is 0 Å². The molecule has 2 aliphatic heterocycles. The molecule has 0 aromatic rings. The van der Waals surface area contributed by atoms with E-state index in [4.69, 9.17) is 16.2 Å².